The maximum absolute atomic E-state index is 13.0. The first-order chi connectivity index (χ1) is 12.6. The predicted molar refractivity (Wildman–Crippen MR) is 99.7 cm³/mol. The number of carbonyl (C=O) groups is 1. The summed E-state index contributed by atoms with van der Waals surface area (Å²) in [5, 5.41) is 14.6. The number of pyridine rings is 1. The van der Waals surface area contributed by atoms with Gasteiger partial charge >= 0.3 is 0 Å². The lowest BCUT2D eigenvalue weighted by atomic mass is 10.1. The summed E-state index contributed by atoms with van der Waals surface area (Å²) < 4.78 is 13.0. The van der Waals surface area contributed by atoms with Crippen molar-refractivity contribution in [2.75, 3.05) is 5.32 Å². The molecule has 128 valence electrons. The van der Waals surface area contributed by atoms with E-state index in [1.165, 1.54) is 35.6 Å². The molecular weight excluding hydrogens is 351 g/mol. The molecule has 4 rings (SSSR count). The van der Waals surface area contributed by atoms with Gasteiger partial charge in [0.2, 0.25) is 0 Å². The molecule has 2 aromatic carbocycles. The van der Waals surface area contributed by atoms with Crippen LogP contribution in [0.5, 0.6) is 0 Å². The number of nitrogens with one attached hydrogen (secondary N) is 1. The second-order valence-corrected chi connectivity index (χ2v) is 6.90. The summed E-state index contributed by atoms with van der Waals surface area (Å²) in [6.45, 7) is 1.91. The van der Waals surface area contributed by atoms with E-state index in [0.717, 1.165) is 26.4 Å². The SMILES string of the molecule is Cc1nnc(-c2ccc3cnc(NC(=O)c4ccc(F)cc4)cc3c2)s1. The van der Waals surface area contributed by atoms with Crippen molar-refractivity contribution in [1.82, 2.24) is 15.2 Å². The highest BCUT2D eigenvalue weighted by Crippen LogP contribution is 2.27. The molecule has 0 saturated heterocycles. The Labute approximate surface area is 152 Å². The number of fused-ring (bicyclic) bond motifs is 1. The summed E-state index contributed by atoms with van der Waals surface area (Å²) in [4.78, 5) is 16.5. The van der Waals surface area contributed by atoms with Gasteiger partial charge in [0.25, 0.3) is 5.91 Å². The van der Waals surface area contributed by atoms with Gasteiger partial charge in [-0.05, 0) is 48.7 Å². The van der Waals surface area contributed by atoms with E-state index in [1.807, 2.05) is 25.1 Å². The van der Waals surface area contributed by atoms with E-state index in [-0.39, 0.29) is 11.7 Å². The first kappa shape index (κ1) is 16.3. The lowest BCUT2D eigenvalue weighted by molar-refractivity contribution is 0.102. The average molecular weight is 364 g/mol. The van der Waals surface area contributed by atoms with Crippen molar-refractivity contribution in [2.45, 2.75) is 6.92 Å². The molecule has 7 heteroatoms. The Morgan fingerprint density at radius 3 is 2.58 bits per heavy atom. The highest BCUT2D eigenvalue weighted by molar-refractivity contribution is 7.14. The van der Waals surface area contributed by atoms with E-state index in [1.54, 1.807) is 12.3 Å². The Hall–Kier alpha value is -3.19. The van der Waals surface area contributed by atoms with Gasteiger partial charge < -0.3 is 5.32 Å². The standard InChI is InChI=1S/C19H13FN4OS/c1-11-23-24-19(26-11)13-2-3-14-10-21-17(9-15(14)8-13)22-18(25)12-4-6-16(20)7-5-12/h2-10H,1H3,(H,21,22,25). The molecule has 0 fully saturated rings. The van der Waals surface area contributed by atoms with Crippen LogP contribution in [0.25, 0.3) is 21.3 Å². The Balaban J connectivity index is 1.63. The smallest absolute Gasteiger partial charge is 0.256 e. The van der Waals surface area contributed by atoms with Crippen molar-refractivity contribution in [2.24, 2.45) is 0 Å². The van der Waals surface area contributed by atoms with Gasteiger partial charge in [-0.15, -0.1) is 10.2 Å². The molecule has 0 radical (unpaired) electrons. The molecule has 0 bridgehead atoms. The Kier molecular flexibility index (Phi) is 4.14. The average Bonchev–Trinajstić information content (AvgIpc) is 3.08. The van der Waals surface area contributed by atoms with Gasteiger partial charge in [0, 0.05) is 22.7 Å². The molecule has 5 nitrogen and oxygen atoms in total. The van der Waals surface area contributed by atoms with Gasteiger partial charge in [0.1, 0.15) is 21.7 Å². The van der Waals surface area contributed by atoms with Crippen molar-refractivity contribution in [1.29, 1.82) is 0 Å². The summed E-state index contributed by atoms with van der Waals surface area (Å²) in [6.07, 6.45) is 1.70. The van der Waals surface area contributed by atoms with Gasteiger partial charge in [-0.2, -0.15) is 0 Å². The summed E-state index contributed by atoms with van der Waals surface area (Å²) in [7, 11) is 0. The predicted octanol–water partition coefficient (Wildman–Crippen LogP) is 4.45. The van der Waals surface area contributed by atoms with Crippen LogP contribution in [0.2, 0.25) is 0 Å². The lowest BCUT2D eigenvalue weighted by Crippen LogP contribution is -2.12. The van der Waals surface area contributed by atoms with E-state index in [2.05, 4.69) is 20.5 Å². The highest BCUT2D eigenvalue weighted by Gasteiger charge is 2.09. The monoisotopic (exact) mass is 364 g/mol. The Bertz CT molecular complexity index is 1110. The number of benzene rings is 2. The molecule has 0 aliphatic heterocycles. The summed E-state index contributed by atoms with van der Waals surface area (Å²) >= 11 is 1.52. The van der Waals surface area contributed by atoms with Crippen LogP contribution >= 0.6 is 11.3 Å². The normalized spacial score (nSPS) is 10.8. The largest absolute Gasteiger partial charge is 0.307 e. The highest BCUT2D eigenvalue weighted by atomic mass is 32.1. The fourth-order valence-corrected chi connectivity index (χ4v) is 3.23. The van der Waals surface area contributed by atoms with Crippen molar-refractivity contribution >= 4 is 33.8 Å². The van der Waals surface area contributed by atoms with E-state index in [0.29, 0.717) is 11.4 Å². The van der Waals surface area contributed by atoms with Crippen LogP contribution in [0.15, 0.2) is 54.7 Å². The summed E-state index contributed by atoms with van der Waals surface area (Å²) in [5.74, 6) is -0.296. The number of carbonyl (C=O) groups excluding carboxylic acids is 1. The molecule has 4 aromatic rings. The van der Waals surface area contributed by atoms with Crippen molar-refractivity contribution < 1.29 is 9.18 Å². The first-order valence-electron chi connectivity index (χ1n) is 7.86. The van der Waals surface area contributed by atoms with E-state index < -0.39 is 0 Å². The summed E-state index contributed by atoms with van der Waals surface area (Å²) in [6, 6.07) is 13.1. The van der Waals surface area contributed by atoms with Crippen LogP contribution < -0.4 is 5.32 Å². The van der Waals surface area contributed by atoms with Gasteiger partial charge in [-0.25, -0.2) is 9.37 Å². The summed E-state index contributed by atoms with van der Waals surface area (Å²) in [5.41, 5.74) is 1.33. The fourth-order valence-electron chi connectivity index (χ4n) is 2.55. The number of anilines is 1. The second kappa shape index (κ2) is 6.61. The molecular formula is C19H13FN4OS. The van der Waals surface area contributed by atoms with Gasteiger partial charge in [0.05, 0.1) is 0 Å². The number of aryl methyl sites for hydroxylation is 1. The van der Waals surface area contributed by atoms with Crippen LogP contribution in [0.3, 0.4) is 0 Å². The van der Waals surface area contributed by atoms with E-state index in [9.17, 15) is 9.18 Å². The third-order valence-corrected chi connectivity index (χ3v) is 4.73. The number of halogens is 1. The van der Waals surface area contributed by atoms with Gasteiger partial charge in [-0.3, -0.25) is 4.79 Å². The second-order valence-electron chi connectivity index (χ2n) is 5.72. The number of rotatable bonds is 3. The van der Waals surface area contributed by atoms with Crippen LogP contribution in [-0.2, 0) is 0 Å². The van der Waals surface area contributed by atoms with Crippen LogP contribution in [0, 0.1) is 12.7 Å². The minimum Gasteiger partial charge on any atom is -0.307 e. The Morgan fingerprint density at radius 2 is 1.85 bits per heavy atom. The van der Waals surface area contributed by atoms with Crippen LogP contribution in [0.4, 0.5) is 10.2 Å². The molecule has 1 amide bonds. The van der Waals surface area contributed by atoms with Crippen LogP contribution in [-0.4, -0.2) is 21.1 Å². The van der Waals surface area contributed by atoms with Crippen molar-refractivity contribution in [3.8, 4) is 10.6 Å². The van der Waals surface area contributed by atoms with Gasteiger partial charge in [0.15, 0.2) is 0 Å². The number of amides is 1. The number of nitrogens with zero attached hydrogens (tertiary/aromatic N) is 3. The Morgan fingerprint density at radius 1 is 1.04 bits per heavy atom. The van der Waals surface area contributed by atoms with Gasteiger partial charge in [-0.1, -0.05) is 23.5 Å². The maximum atomic E-state index is 13.0. The topological polar surface area (TPSA) is 67.8 Å². The van der Waals surface area contributed by atoms with Crippen LogP contribution in [0.1, 0.15) is 15.4 Å². The van der Waals surface area contributed by atoms with E-state index in [4.69, 9.17) is 0 Å². The zero-order valence-electron chi connectivity index (χ0n) is 13.7. The molecule has 26 heavy (non-hydrogen) atoms. The minimum absolute atomic E-state index is 0.340. The third kappa shape index (κ3) is 3.29. The maximum Gasteiger partial charge on any atom is 0.256 e. The molecule has 2 aromatic heterocycles. The fraction of sp³-hybridized carbons (Fsp3) is 0.0526. The first-order valence-corrected chi connectivity index (χ1v) is 8.67. The quantitative estimate of drug-likeness (QED) is 0.583. The third-order valence-electron chi connectivity index (χ3n) is 3.84. The number of aromatic nitrogens is 3. The molecule has 0 saturated carbocycles. The molecule has 0 unspecified atom stereocenters. The molecule has 2 heterocycles. The van der Waals surface area contributed by atoms with E-state index >= 15 is 0 Å². The molecule has 0 spiro atoms. The molecule has 1 N–H and O–H groups in total. The zero-order valence-corrected chi connectivity index (χ0v) is 14.5. The molecule has 0 atom stereocenters. The number of hydrogen-bond acceptors (Lipinski definition) is 5. The molecule has 0 aliphatic rings. The number of hydrogen-bond donors (Lipinski definition) is 1. The lowest BCUT2D eigenvalue weighted by Gasteiger charge is -2.06. The van der Waals surface area contributed by atoms with Crippen molar-refractivity contribution in [3.05, 3.63) is 71.1 Å². The van der Waals surface area contributed by atoms with Crippen molar-refractivity contribution in [3.63, 3.8) is 0 Å². The zero-order chi connectivity index (χ0) is 18.1. The molecule has 0 aliphatic carbocycles. The minimum atomic E-state index is -0.384.